The summed E-state index contributed by atoms with van der Waals surface area (Å²) in [5.41, 5.74) is 7.12. The molecule has 0 bridgehead atoms. The third-order valence-corrected chi connectivity index (χ3v) is 3.95. The molecule has 1 aliphatic heterocycles. The first kappa shape index (κ1) is 15.6. The lowest BCUT2D eigenvalue weighted by molar-refractivity contribution is -0.118. The van der Waals surface area contributed by atoms with Crippen LogP contribution in [0.1, 0.15) is 18.5 Å². The lowest BCUT2D eigenvalue weighted by atomic mass is 10.0. The molecule has 1 atom stereocenters. The van der Waals surface area contributed by atoms with Gasteiger partial charge in [-0.2, -0.15) is 0 Å². The highest BCUT2D eigenvalue weighted by molar-refractivity contribution is 6.00. The van der Waals surface area contributed by atoms with Gasteiger partial charge in [0.15, 0.2) is 0 Å². The quantitative estimate of drug-likeness (QED) is 0.696. The standard InChI is InChI=1S/C18H18N4O2/c1-10(13-8-7-12-5-3-4-6-14(12)9-13)20-17(23)16-15(19)11(2)21-18(24)22-16/h3-10H,2,19H2,1H3,(H,20,23)(H2,21,22,24)/t10-/m1/s1. The summed E-state index contributed by atoms with van der Waals surface area (Å²) < 4.78 is 0. The van der Waals surface area contributed by atoms with E-state index in [4.69, 9.17) is 5.73 Å². The Morgan fingerprint density at radius 3 is 2.62 bits per heavy atom. The molecule has 0 fully saturated rings. The van der Waals surface area contributed by atoms with Crippen LogP contribution >= 0.6 is 0 Å². The smallest absolute Gasteiger partial charge is 0.323 e. The van der Waals surface area contributed by atoms with Crippen LogP contribution in [0.3, 0.4) is 0 Å². The van der Waals surface area contributed by atoms with E-state index in [-0.39, 0.29) is 23.1 Å². The van der Waals surface area contributed by atoms with Gasteiger partial charge in [-0.05, 0) is 29.3 Å². The molecule has 1 heterocycles. The SMILES string of the molecule is C=C1NC(=O)NC(C(=O)N[C@H](C)c2ccc3ccccc3c2)=C1N. The monoisotopic (exact) mass is 322 g/mol. The summed E-state index contributed by atoms with van der Waals surface area (Å²) in [7, 11) is 0. The molecule has 24 heavy (non-hydrogen) atoms. The molecule has 0 saturated carbocycles. The Bertz CT molecular complexity index is 885. The fourth-order valence-electron chi connectivity index (χ4n) is 2.58. The van der Waals surface area contributed by atoms with Crippen molar-refractivity contribution in [2.24, 2.45) is 5.73 Å². The summed E-state index contributed by atoms with van der Waals surface area (Å²) in [5.74, 6) is -0.454. The van der Waals surface area contributed by atoms with Crippen LogP contribution in [0.4, 0.5) is 4.79 Å². The predicted octanol–water partition coefficient (Wildman–Crippen LogP) is 2.01. The van der Waals surface area contributed by atoms with Crippen molar-refractivity contribution in [1.29, 1.82) is 0 Å². The largest absolute Gasteiger partial charge is 0.395 e. The molecule has 3 rings (SSSR count). The number of rotatable bonds is 3. The maximum absolute atomic E-state index is 12.4. The van der Waals surface area contributed by atoms with Gasteiger partial charge in [-0.15, -0.1) is 0 Å². The number of benzene rings is 2. The zero-order valence-corrected chi connectivity index (χ0v) is 13.2. The Labute approximate surface area is 139 Å². The minimum absolute atomic E-state index is 0.0105. The van der Waals surface area contributed by atoms with Crippen molar-refractivity contribution in [2.45, 2.75) is 13.0 Å². The lowest BCUT2D eigenvalue weighted by Crippen LogP contribution is -2.47. The fraction of sp³-hybridized carbons (Fsp3) is 0.111. The molecular formula is C18H18N4O2. The van der Waals surface area contributed by atoms with E-state index in [2.05, 4.69) is 22.5 Å². The average Bonchev–Trinajstić information content (AvgIpc) is 2.57. The zero-order chi connectivity index (χ0) is 17.3. The molecule has 2 aromatic rings. The van der Waals surface area contributed by atoms with Crippen LogP contribution in [0.15, 0.2) is 66.1 Å². The molecule has 122 valence electrons. The first-order valence-corrected chi connectivity index (χ1v) is 7.52. The molecule has 0 radical (unpaired) electrons. The first-order chi connectivity index (χ1) is 11.5. The van der Waals surface area contributed by atoms with Crippen LogP contribution in [-0.2, 0) is 4.79 Å². The van der Waals surface area contributed by atoms with Gasteiger partial charge < -0.3 is 21.7 Å². The number of carbonyl (C=O) groups excluding carboxylic acids is 2. The van der Waals surface area contributed by atoms with Crippen molar-refractivity contribution in [2.75, 3.05) is 0 Å². The van der Waals surface area contributed by atoms with Crippen LogP contribution in [-0.4, -0.2) is 11.9 Å². The molecule has 0 saturated heterocycles. The zero-order valence-electron chi connectivity index (χ0n) is 13.2. The van der Waals surface area contributed by atoms with Crippen LogP contribution in [0, 0.1) is 0 Å². The molecule has 6 nitrogen and oxygen atoms in total. The number of urea groups is 1. The summed E-state index contributed by atoms with van der Waals surface area (Å²) in [6.45, 7) is 5.49. The van der Waals surface area contributed by atoms with E-state index in [1.54, 1.807) is 0 Å². The second-order valence-corrected chi connectivity index (χ2v) is 5.65. The summed E-state index contributed by atoms with van der Waals surface area (Å²) in [5, 5.41) is 9.90. The number of hydrogen-bond donors (Lipinski definition) is 4. The highest BCUT2D eigenvalue weighted by atomic mass is 16.2. The van der Waals surface area contributed by atoms with Crippen molar-refractivity contribution in [3.8, 4) is 0 Å². The van der Waals surface area contributed by atoms with Gasteiger partial charge in [-0.1, -0.05) is 43.0 Å². The van der Waals surface area contributed by atoms with Gasteiger partial charge in [0.25, 0.3) is 5.91 Å². The number of carbonyl (C=O) groups is 2. The van der Waals surface area contributed by atoms with Crippen molar-refractivity contribution in [3.05, 3.63) is 71.7 Å². The second kappa shape index (κ2) is 6.08. The molecule has 2 aromatic carbocycles. The van der Waals surface area contributed by atoms with Crippen molar-refractivity contribution in [1.82, 2.24) is 16.0 Å². The van der Waals surface area contributed by atoms with E-state index in [0.29, 0.717) is 0 Å². The summed E-state index contributed by atoms with van der Waals surface area (Å²) in [6, 6.07) is 13.2. The number of fused-ring (bicyclic) bond motifs is 1. The normalized spacial score (nSPS) is 15.7. The van der Waals surface area contributed by atoms with E-state index >= 15 is 0 Å². The van der Waals surface area contributed by atoms with Gasteiger partial charge >= 0.3 is 6.03 Å². The highest BCUT2D eigenvalue weighted by Crippen LogP contribution is 2.20. The van der Waals surface area contributed by atoms with Crippen LogP contribution in [0.2, 0.25) is 0 Å². The minimum Gasteiger partial charge on any atom is -0.395 e. The first-order valence-electron chi connectivity index (χ1n) is 7.52. The van der Waals surface area contributed by atoms with Crippen LogP contribution in [0.25, 0.3) is 10.8 Å². The maximum Gasteiger partial charge on any atom is 0.323 e. The molecule has 0 aliphatic carbocycles. The van der Waals surface area contributed by atoms with Gasteiger partial charge in [0.05, 0.1) is 17.4 Å². The second-order valence-electron chi connectivity index (χ2n) is 5.65. The van der Waals surface area contributed by atoms with Crippen LogP contribution in [0.5, 0.6) is 0 Å². The topological polar surface area (TPSA) is 96.2 Å². The Hall–Kier alpha value is -3.28. The summed E-state index contributed by atoms with van der Waals surface area (Å²) in [6.07, 6.45) is 0. The van der Waals surface area contributed by atoms with Crippen molar-refractivity contribution < 1.29 is 9.59 Å². The Balaban J connectivity index is 1.81. The van der Waals surface area contributed by atoms with Crippen molar-refractivity contribution >= 4 is 22.7 Å². The van der Waals surface area contributed by atoms with Gasteiger partial charge in [-0.25, -0.2) is 4.79 Å². The Morgan fingerprint density at radius 1 is 1.17 bits per heavy atom. The third kappa shape index (κ3) is 2.94. The van der Waals surface area contributed by atoms with Gasteiger partial charge in [0, 0.05) is 0 Å². The molecule has 6 heteroatoms. The summed E-state index contributed by atoms with van der Waals surface area (Å²) >= 11 is 0. The number of hydrogen-bond acceptors (Lipinski definition) is 3. The molecule has 0 aromatic heterocycles. The molecule has 0 spiro atoms. The van der Waals surface area contributed by atoms with Gasteiger partial charge in [0.1, 0.15) is 5.70 Å². The third-order valence-electron chi connectivity index (χ3n) is 3.95. The highest BCUT2D eigenvalue weighted by Gasteiger charge is 2.24. The molecule has 0 unspecified atom stereocenters. The van der Waals surface area contributed by atoms with Gasteiger partial charge in [0.2, 0.25) is 0 Å². The van der Waals surface area contributed by atoms with Crippen molar-refractivity contribution in [3.63, 3.8) is 0 Å². The predicted molar refractivity (Wildman–Crippen MR) is 92.5 cm³/mol. The number of nitrogens with two attached hydrogens (primary N) is 1. The minimum atomic E-state index is -0.530. The van der Waals surface area contributed by atoms with E-state index in [1.807, 2.05) is 49.4 Å². The lowest BCUT2D eigenvalue weighted by Gasteiger charge is -2.22. The van der Waals surface area contributed by atoms with E-state index < -0.39 is 11.9 Å². The average molecular weight is 322 g/mol. The van der Waals surface area contributed by atoms with Gasteiger partial charge in [-0.3, -0.25) is 4.79 Å². The van der Waals surface area contributed by atoms with E-state index in [0.717, 1.165) is 16.3 Å². The summed E-state index contributed by atoms with van der Waals surface area (Å²) in [4.78, 5) is 23.9. The van der Waals surface area contributed by atoms with E-state index in [9.17, 15) is 9.59 Å². The Morgan fingerprint density at radius 2 is 1.88 bits per heavy atom. The Kier molecular flexibility index (Phi) is 3.95. The fourth-order valence-corrected chi connectivity index (χ4v) is 2.58. The number of amides is 3. The molecule has 3 amide bonds. The molecule has 5 N–H and O–H groups in total. The molecular weight excluding hydrogens is 304 g/mol. The maximum atomic E-state index is 12.4. The van der Waals surface area contributed by atoms with E-state index in [1.165, 1.54) is 0 Å². The van der Waals surface area contributed by atoms with Crippen LogP contribution < -0.4 is 21.7 Å². The number of nitrogens with one attached hydrogen (secondary N) is 3. The molecule has 1 aliphatic rings.